The SMILES string of the molecule is CC(C)c1cc(COC(=O)Oc2ccc([N+](=O)[O-])cc2)cc(C(C)C)c1N=[N+]=[N-]. The molecule has 152 valence electrons. The topological polar surface area (TPSA) is 127 Å². The maximum absolute atomic E-state index is 12.0. The van der Waals surface area contributed by atoms with Crippen LogP contribution in [0, 0.1) is 10.1 Å². The van der Waals surface area contributed by atoms with Gasteiger partial charge in [0.05, 0.1) is 4.92 Å². The van der Waals surface area contributed by atoms with Crippen molar-refractivity contribution in [3.05, 3.63) is 73.6 Å². The normalized spacial score (nSPS) is 10.6. The Kier molecular flexibility index (Phi) is 7.16. The van der Waals surface area contributed by atoms with Gasteiger partial charge >= 0.3 is 6.16 Å². The monoisotopic (exact) mass is 398 g/mol. The van der Waals surface area contributed by atoms with Gasteiger partial charge in [-0.3, -0.25) is 10.1 Å². The van der Waals surface area contributed by atoms with Gasteiger partial charge in [-0.05, 0) is 46.2 Å². The van der Waals surface area contributed by atoms with Crippen molar-refractivity contribution in [1.82, 2.24) is 0 Å². The summed E-state index contributed by atoms with van der Waals surface area (Å²) in [4.78, 5) is 25.0. The molecule has 0 radical (unpaired) electrons. The van der Waals surface area contributed by atoms with Crippen molar-refractivity contribution in [2.45, 2.75) is 46.1 Å². The van der Waals surface area contributed by atoms with E-state index in [0.717, 1.165) is 16.7 Å². The van der Waals surface area contributed by atoms with Crippen LogP contribution < -0.4 is 4.74 Å². The van der Waals surface area contributed by atoms with Crippen LogP contribution in [-0.4, -0.2) is 11.1 Å². The quantitative estimate of drug-likeness (QED) is 0.1000. The molecule has 0 aliphatic heterocycles. The Morgan fingerprint density at radius 1 is 1.14 bits per heavy atom. The number of carbonyl (C=O) groups is 1. The summed E-state index contributed by atoms with van der Waals surface area (Å²) in [5.74, 6) is 0.366. The van der Waals surface area contributed by atoms with E-state index >= 15 is 0 Å². The van der Waals surface area contributed by atoms with E-state index in [2.05, 4.69) is 10.0 Å². The highest BCUT2D eigenvalue weighted by molar-refractivity contribution is 5.64. The van der Waals surface area contributed by atoms with E-state index in [-0.39, 0.29) is 29.9 Å². The second-order valence-corrected chi connectivity index (χ2v) is 7.01. The standard InChI is InChI=1S/C20H22N4O5/c1-12(2)17-9-14(10-18(13(3)4)19(17)22-23-21)11-28-20(25)29-16-7-5-15(6-8-16)24(26)27/h5-10,12-13H,11H2,1-4H3. The molecule has 0 saturated heterocycles. The van der Waals surface area contributed by atoms with Crippen LogP contribution >= 0.6 is 0 Å². The molecule has 0 spiro atoms. The van der Waals surface area contributed by atoms with Crippen molar-refractivity contribution in [3.63, 3.8) is 0 Å². The molecule has 29 heavy (non-hydrogen) atoms. The highest BCUT2D eigenvalue weighted by Crippen LogP contribution is 2.36. The zero-order chi connectivity index (χ0) is 21.6. The summed E-state index contributed by atoms with van der Waals surface area (Å²) in [7, 11) is 0. The molecule has 0 N–H and O–H groups in total. The van der Waals surface area contributed by atoms with Gasteiger partial charge in [0.2, 0.25) is 0 Å². The summed E-state index contributed by atoms with van der Waals surface area (Å²) in [6, 6.07) is 8.81. The van der Waals surface area contributed by atoms with Gasteiger partial charge in [-0.15, -0.1) is 0 Å². The van der Waals surface area contributed by atoms with Gasteiger partial charge in [-0.2, -0.15) is 0 Å². The number of non-ortho nitro benzene ring substituents is 1. The second-order valence-electron chi connectivity index (χ2n) is 7.01. The summed E-state index contributed by atoms with van der Waals surface area (Å²) in [6.07, 6.45) is -0.921. The van der Waals surface area contributed by atoms with E-state index in [4.69, 9.17) is 15.0 Å². The molecule has 0 atom stereocenters. The van der Waals surface area contributed by atoms with Crippen molar-refractivity contribution >= 4 is 17.5 Å². The van der Waals surface area contributed by atoms with E-state index in [1.165, 1.54) is 24.3 Å². The number of hydrogen-bond donors (Lipinski definition) is 0. The van der Waals surface area contributed by atoms with Gasteiger partial charge in [0.1, 0.15) is 12.4 Å². The number of benzene rings is 2. The molecule has 0 aliphatic rings. The van der Waals surface area contributed by atoms with Crippen molar-refractivity contribution in [2.75, 3.05) is 0 Å². The Morgan fingerprint density at radius 3 is 2.14 bits per heavy atom. The molecule has 0 amide bonds. The number of nitro benzene ring substituents is 1. The predicted molar refractivity (Wildman–Crippen MR) is 107 cm³/mol. The highest BCUT2D eigenvalue weighted by Gasteiger charge is 2.16. The molecular weight excluding hydrogens is 376 g/mol. The Bertz CT molecular complexity index is 919. The van der Waals surface area contributed by atoms with Crippen LogP contribution in [0.2, 0.25) is 0 Å². The van der Waals surface area contributed by atoms with Crippen molar-refractivity contribution in [1.29, 1.82) is 0 Å². The smallest absolute Gasteiger partial charge is 0.429 e. The summed E-state index contributed by atoms with van der Waals surface area (Å²) < 4.78 is 10.2. The molecule has 0 aromatic heterocycles. The first-order chi connectivity index (χ1) is 13.7. The average molecular weight is 398 g/mol. The molecule has 9 heteroatoms. The van der Waals surface area contributed by atoms with E-state index in [1.807, 2.05) is 39.8 Å². The molecule has 0 saturated carbocycles. The second kappa shape index (κ2) is 9.57. The summed E-state index contributed by atoms with van der Waals surface area (Å²) in [5.41, 5.74) is 11.9. The number of nitro groups is 1. The third kappa shape index (κ3) is 5.70. The van der Waals surface area contributed by atoms with Gasteiger partial charge in [0.15, 0.2) is 0 Å². The first kappa shape index (κ1) is 21.7. The van der Waals surface area contributed by atoms with Crippen LogP contribution in [0.1, 0.15) is 56.2 Å². The number of azide groups is 1. The number of nitrogens with zero attached hydrogens (tertiary/aromatic N) is 4. The molecule has 0 fully saturated rings. The van der Waals surface area contributed by atoms with E-state index in [1.54, 1.807) is 0 Å². The third-order valence-electron chi connectivity index (χ3n) is 4.22. The lowest BCUT2D eigenvalue weighted by molar-refractivity contribution is -0.384. The minimum Gasteiger partial charge on any atom is -0.429 e. The molecule has 0 aliphatic carbocycles. The average Bonchev–Trinajstić information content (AvgIpc) is 2.67. The minimum atomic E-state index is -0.921. The minimum absolute atomic E-state index is 0.0260. The number of ether oxygens (including phenoxy) is 2. The van der Waals surface area contributed by atoms with Crippen LogP contribution in [0.25, 0.3) is 10.4 Å². The van der Waals surface area contributed by atoms with Gasteiger partial charge in [0.25, 0.3) is 5.69 Å². The van der Waals surface area contributed by atoms with Crippen molar-refractivity contribution in [3.8, 4) is 5.75 Å². The molecule has 0 bridgehead atoms. The van der Waals surface area contributed by atoms with Gasteiger partial charge in [-0.25, -0.2) is 4.79 Å². The van der Waals surface area contributed by atoms with Crippen molar-refractivity contribution in [2.24, 2.45) is 5.11 Å². The largest absolute Gasteiger partial charge is 0.514 e. The zero-order valence-electron chi connectivity index (χ0n) is 16.7. The van der Waals surface area contributed by atoms with Crippen LogP contribution in [-0.2, 0) is 11.3 Å². The number of rotatable bonds is 7. The van der Waals surface area contributed by atoms with Crippen molar-refractivity contribution < 1.29 is 19.2 Å². The lowest BCUT2D eigenvalue weighted by Crippen LogP contribution is -2.11. The molecule has 2 aromatic carbocycles. The van der Waals surface area contributed by atoms with Crippen LogP contribution in [0.4, 0.5) is 16.2 Å². The fourth-order valence-corrected chi connectivity index (χ4v) is 2.77. The first-order valence-corrected chi connectivity index (χ1v) is 9.03. The molecule has 0 heterocycles. The Balaban J connectivity index is 2.15. The lowest BCUT2D eigenvalue weighted by Gasteiger charge is -2.18. The predicted octanol–water partition coefficient (Wildman–Crippen LogP) is 6.50. The Morgan fingerprint density at radius 2 is 1.69 bits per heavy atom. The first-order valence-electron chi connectivity index (χ1n) is 9.03. The van der Waals surface area contributed by atoms with Gasteiger partial charge in [-0.1, -0.05) is 44.9 Å². The Hall–Kier alpha value is -3.58. The summed E-state index contributed by atoms with van der Waals surface area (Å²) >= 11 is 0. The maximum atomic E-state index is 12.0. The maximum Gasteiger partial charge on any atom is 0.514 e. The van der Waals surface area contributed by atoms with E-state index in [9.17, 15) is 14.9 Å². The lowest BCUT2D eigenvalue weighted by atomic mass is 9.90. The van der Waals surface area contributed by atoms with E-state index in [0.29, 0.717) is 5.69 Å². The molecule has 9 nitrogen and oxygen atoms in total. The molecule has 2 aromatic rings. The van der Waals surface area contributed by atoms with Gasteiger partial charge < -0.3 is 9.47 Å². The number of carbonyl (C=O) groups excluding carboxylic acids is 1. The van der Waals surface area contributed by atoms with Crippen LogP contribution in [0.5, 0.6) is 5.75 Å². The molecule has 0 unspecified atom stereocenters. The zero-order valence-corrected chi connectivity index (χ0v) is 16.7. The van der Waals surface area contributed by atoms with Crippen LogP contribution in [0.15, 0.2) is 41.5 Å². The summed E-state index contributed by atoms with van der Waals surface area (Å²) in [6.45, 7) is 7.93. The summed E-state index contributed by atoms with van der Waals surface area (Å²) in [5, 5.41) is 14.5. The third-order valence-corrected chi connectivity index (χ3v) is 4.22. The van der Waals surface area contributed by atoms with Crippen LogP contribution in [0.3, 0.4) is 0 Å². The fraction of sp³-hybridized carbons (Fsp3) is 0.350. The molecular formula is C20H22N4O5. The highest BCUT2D eigenvalue weighted by atomic mass is 16.7. The number of hydrogen-bond acceptors (Lipinski definition) is 6. The van der Waals surface area contributed by atoms with E-state index < -0.39 is 11.1 Å². The molecule has 2 rings (SSSR count). The Labute approximate surface area is 168 Å². The van der Waals surface area contributed by atoms with Gasteiger partial charge in [0, 0.05) is 22.7 Å². The fourth-order valence-electron chi connectivity index (χ4n) is 2.77.